The number of nitrogens with zero attached hydrogens (tertiary/aromatic N) is 2. The number of allylic oxidation sites excluding steroid dienone is 1. The molecule has 1 aromatic carbocycles. The zero-order valence-electron chi connectivity index (χ0n) is 17.0. The number of carbonyl (C=O) groups is 1. The van der Waals surface area contributed by atoms with Crippen molar-refractivity contribution in [2.24, 2.45) is 0 Å². The highest BCUT2D eigenvalue weighted by molar-refractivity contribution is 5.74. The number of rotatable bonds is 8. The zero-order chi connectivity index (χ0) is 19.6. The molecule has 1 saturated heterocycles. The van der Waals surface area contributed by atoms with Gasteiger partial charge in [-0.15, -0.1) is 0 Å². The second kappa shape index (κ2) is 11.0. The van der Waals surface area contributed by atoms with Crippen LogP contribution in [0.3, 0.4) is 0 Å². The van der Waals surface area contributed by atoms with Crippen LogP contribution in [0.4, 0.5) is 4.79 Å². The third kappa shape index (κ3) is 6.44. The van der Waals surface area contributed by atoms with Gasteiger partial charge in [0.05, 0.1) is 13.7 Å². The number of piperazine rings is 1. The third-order valence-electron chi connectivity index (χ3n) is 5.50. The van der Waals surface area contributed by atoms with Crippen LogP contribution in [0, 0.1) is 0 Å². The summed E-state index contributed by atoms with van der Waals surface area (Å²) in [6, 6.07) is 7.45. The fraction of sp³-hybridized carbons (Fsp3) is 0.591. The Balaban J connectivity index is 1.27. The van der Waals surface area contributed by atoms with E-state index >= 15 is 0 Å². The van der Waals surface area contributed by atoms with Gasteiger partial charge >= 0.3 is 6.03 Å². The van der Waals surface area contributed by atoms with Crippen LogP contribution in [0.2, 0.25) is 0 Å². The highest BCUT2D eigenvalue weighted by Crippen LogP contribution is 2.20. The molecule has 0 aromatic heterocycles. The number of ether oxygens (including phenoxy) is 2. The van der Waals surface area contributed by atoms with E-state index in [2.05, 4.69) is 16.3 Å². The molecule has 28 heavy (non-hydrogen) atoms. The fourth-order valence-electron chi connectivity index (χ4n) is 3.72. The maximum absolute atomic E-state index is 12.3. The lowest BCUT2D eigenvalue weighted by Crippen LogP contribution is -2.52. The Morgan fingerprint density at radius 2 is 1.82 bits per heavy atom. The van der Waals surface area contributed by atoms with E-state index in [0.29, 0.717) is 13.2 Å². The van der Waals surface area contributed by atoms with Crippen LogP contribution in [-0.4, -0.2) is 68.8 Å². The Kier molecular flexibility index (Phi) is 8.03. The van der Waals surface area contributed by atoms with Crippen LogP contribution in [0.15, 0.2) is 35.9 Å². The summed E-state index contributed by atoms with van der Waals surface area (Å²) in [5.74, 6) is 1.58. The van der Waals surface area contributed by atoms with Gasteiger partial charge in [-0.3, -0.25) is 4.90 Å². The summed E-state index contributed by atoms with van der Waals surface area (Å²) in [5.41, 5.74) is 1.63. The summed E-state index contributed by atoms with van der Waals surface area (Å²) in [7, 11) is 1.64. The van der Waals surface area contributed by atoms with Crippen LogP contribution >= 0.6 is 0 Å². The average Bonchev–Trinajstić information content (AvgIpc) is 2.76. The largest absolute Gasteiger partial charge is 0.497 e. The maximum atomic E-state index is 12.3. The summed E-state index contributed by atoms with van der Waals surface area (Å²) < 4.78 is 10.8. The maximum Gasteiger partial charge on any atom is 0.317 e. The Morgan fingerprint density at radius 3 is 2.50 bits per heavy atom. The first-order valence-corrected chi connectivity index (χ1v) is 10.4. The zero-order valence-corrected chi connectivity index (χ0v) is 17.0. The Hall–Kier alpha value is -2.21. The number of urea groups is 1. The van der Waals surface area contributed by atoms with Gasteiger partial charge in [0.15, 0.2) is 0 Å². The topological polar surface area (TPSA) is 54.0 Å². The Labute approximate surface area is 168 Å². The van der Waals surface area contributed by atoms with Crippen molar-refractivity contribution in [1.29, 1.82) is 0 Å². The van der Waals surface area contributed by atoms with Crippen molar-refractivity contribution in [3.8, 4) is 11.5 Å². The molecule has 1 heterocycles. The molecule has 0 unspecified atom stereocenters. The lowest BCUT2D eigenvalue weighted by molar-refractivity contribution is 0.139. The molecule has 6 heteroatoms. The monoisotopic (exact) mass is 387 g/mol. The smallest absolute Gasteiger partial charge is 0.317 e. The second-order valence-corrected chi connectivity index (χ2v) is 7.44. The van der Waals surface area contributed by atoms with E-state index < -0.39 is 0 Å². The highest BCUT2D eigenvalue weighted by atomic mass is 16.5. The first-order valence-electron chi connectivity index (χ1n) is 10.4. The van der Waals surface area contributed by atoms with Crippen molar-refractivity contribution in [3.05, 3.63) is 35.9 Å². The van der Waals surface area contributed by atoms with Gasteiger partial charge in [-0.2, -0.15) is 0 Å². The van der Waals surface area contributed by atoms with Gasteiger partial charge < -0.3 is 19.7 Å². The molecule has 6 nitrogen and oxygen atoms in total. The number of hydrogen-bond acceptors (Lipinski definition) is 4. The van der Waals surface area contributed by atoms with E-state index in [4.69, 9.17) is 9.47 Å². The van der Waals surface area contributed by atoms with E-state index in [-0.39, 0.29) is 6.03 Å². The molecule has 0 atom stereocenters. The van der Waals surface area contributed by atoms with Gasteiger partial charge in [-0.1, -0.05) is 11.6 Å². The van der Waals surface area contributed by atoms with Gasteiger partial charge in [-0.05, 0) is 56.4 Å². The van der Waals surface area contributed by atoms with E-state index in [9.17, 15) is 4.79 Å². The minimum Gasteiger partial charge on any atom is -0.497 e. The molecule has 0 radical (unpaired) electrons. The van der Waals surface area contributed by atoms with Crippen molar-refractivity contribution in [2.45, 2.75) is 32.1 Å². The fourth-order valence-corrected chi connectivity index (χ4v) is 3.72. The van der Waals surface area contributed by atoms with E-state index in [1.165, 1.54) is 32.1 Å². The van der Waals surface area contributed by atoms with E-state index in [1.54, 1.807) is 12.7 Å². The first-order chi connectivity index (χ1) is 13.7. The average molecular weight is 388 g/mol. The molecule has 0 bridgehead atoms. The molecular weight excluding hydrogens is 354 g/mol. The molecule has 154 valence electrons. The van der Waals surface area contributed by atoms with Crippen LogP contribution in [-0.2, 0) is 0 Å². The molecule has 1 N–H and O–H groups in total. The first kappa shape index (κ1) is 20.5. The van der Waals surface area contributed by atoms with Crippen molar-refractivity contribution in [3.63, 3.8) is 0 Å². The van der Waals surface area contributed by atoms with Gasteiger partial charge in [0, 0.05) is 32.7 Å². The predicted molar refractivity (Wildman–Crippen MR) is 111 cm³/mol. The predicted octanol–water partition coefficient (Wildman–Crippen LogP) is 3.29. The van der Waals surface area contributed by atoms with Gasteiger partial charge in [0.25, 0.3) is 0 Å². The summed E-state index contributed by atoms with van der Waals surface area (Å²) in [6.45, 7) is 5.59. The SMILES string of the molecule is COc1ccc(OCCNC(=O)N2CCN(CCC3=CCCCC3)CC2)cc1. The lowest BCUT2D eigenvalue weighted by atomic mass is 9.97. The van der Waals surface area contributed by atoms with Gasteiger partial charge in [0.2, 0.25) is 0 Å². The van der Waals surface area contributed by atoms with Crippen molar-refractivity contribution >= 4 is 6.03 Å². The lowest BCUT2D eigenvalue weighted by Gasteiger charge is -2.35. The van der Waals surface area contributed by atoms with Crippen molar-refractivity contribution < 1.29 is 14.3 Å². The number of hydrogen-bond donors (Lipinski definition) is 1. The standard InChI is InChI=1S/C22H33N3O3/c1-27-20-7-9-21(10-8-20)28-18-12-23-22(26)25-16-14-24(15-17-25)13-11-19-5-3-2-4-6-19/h5,7-10H,2-4,6,11-18H2,1H3,(H,23,26). The summed E-state index contributed by atoms with van der Waals surface area (Å²) >= 11 is 0. The van der Waals surface area contributed by atoms with Crippen LogP contribution < -0.4 is 14.8 Å². The Bertz CT molecular complexity index is 637. The molecule has 1 aliphatic heterocycles. The molecule has 0 saturated carbocycles. The van der Waals surface area contributed by atoms with E-state index in [0.717, 1.165) is 44.2 Å². The van der Waals surface area contributed by atoms with E-state index in [1.807, 2.05) is 29.2 Å². The third-order valence-corrected chi connectivity index (χ3v) is 5.50. The summed E-state index contributed by atoms with van der Waals surface area (Å²) in [6.07, 6.45) is 8.85. The minimum atomic E-state index is 0.00738. The molecule has 2 amide bonds. The van der Waals surface area contributed by atoms with Gasteiger partial charge in [-0.25, -0.2) is 4.79 Å². The number of nitrogens with one attached hydrogen (secondary N) is 1. The highest BCUT2D eigenvalue weighted by Gasteiger charge is 2.20. The van der Waals surface area contributed by atoms with Crippen LogP contribution in [0.25, 0.3) is 0 Å². The van der Waals surface area contributed by atoms with Gasteiger partial charge in [0.1, 0.15) is 18.1 Å². The Morgan fingerprint density at radius 1 is 1.07 bits per heavy atom. The number of carbonyl (C=O) groups excluding carboxylic acids is 1. The summed E-state index contributed by atoms with van der Waals surface area (Å²) in [5, 5.41) is 2.95. The quantitative estimate of drug-likeness (QED) is 0.549. The number of amides is 2. The minimum absolute atomic E-state index is 0.00738. The number of methoxy groups -OCH3 is 1. The molecule has 1 fully saturated rings. The van der Waals surface area contributed by atoms with Crippen molar-refractivity contribution in [2.75, 3.05) is 53.0 Å². The molecule has 0 spiro atoms. The normalized spacial score (nSPS) is 17.8. The van der Waals surface area contributed by atoms with Crippen LogP contribution in [0.1, 0.15) is 32.1 Å². The summed E-state index contributed by atoms with van der Waals surface area (Å²) in [4.78, 5) is 16.7. The molecule has 3 rings (SSSR count). The van der Waals surface area contributed by atoms with Crippen molar-refractivity contribution in [1.82, 2.24) is 15.1 Å². The number of benzene rings is 1. The van der Waals surface area contributed by atoms with Crippen LogP contribution in [0.5, 0.6) is 11.5 Å². The molecule has 1 aromatic rings. The second-order valence-electron chi connectivity index (χ2n) is 7.44. The molecular formula is C22H33N3O3. The molecule has 1 aliphatic carbocycles. The molecule has 2 aliphatic rings.